The van der Waals surface area contributed by atoms with E-state index >= 15 is 0 Å². The largest absolute Gasteiger partial charge is 0.462 e. The van der Waals surface area contributed by atoms with E-state index in [1.54, 1.807) is 0 Å². The van der Waals surface area contributed by atoms with Gasteiger partial charge in [0.2, 0.25) is 5.91 Å². The molecule has 0 aromatic heterocycles. The summed E-state index contributed by atoms with van der Waals surface area (Å²) in [7, 11) is 0. The van der Waals surface area contributed by atoms with Crippen molar-refractivity contribution in [3.63, 3.8) is 0 Å². The van der Waals surface area contributed by atoms with Gasteiger partial charge in [0.1, 0.15) is 6.10 Å². The fraction of sp³-hybridized carbons (Fsp3) is 0.793. The molecule has 0 radical (unpaired) electrons. The predicted octanol–water partition coefficient (Wildman–Crippen LogP) is 16.8. The van der Waals surface area contributed by atoms with Crippen molar-refractivity contribution in [3.05, 3.63) is 60.8 Å². The maximum atomic E-state index is 13.2. The molecule has 0 heterocycles. The molecule has 0 aliphatic heterocycles. The maximum Gasteiger partial charge on any atom is 0.306 e. The molecule has 6 heteroatoms. The van der Waals surface area contributed by atoms with Crippen molar-refractivity contribution in [2.45, 2.75) is 289 Å². The Morgan fingerprint density at radius 2 is 0.828 bits per heavy atom. The molecule has 0 aliphatic rings. The highest BCUT2D eigenvalue weighted by Crippen LogP contribution is 2.18. The van der Waals surface area contributed by atoms with Gasteiger partial charge in [0.05, 0.1) is 25.2 Å². The highest BCUT2D eigenvalue weighted by molar-refractivity contribution is 5.77. The number of rotatable bonds is 49. The number of esters is 1. The van der Waals surface area contributed by atoms with Crippen LogP contribution in [0.3, 0.4) is 0 Å². The van der Waals surface area contributed by atoms with Crippen LogP contribution in [0, 0.1) is 0 Å². The number of amides is 1. The average molecular weight is 896 g/mol. The van der Waals surface area contributed by atoms with Crippen molar-refractivity contribution in [1.29, 1.82) is 0 Å². The lowest BCUT2D eigenvalue weighted by Crippen LogP contribution is -2.46. The number of hydrogen-bond acceptors (Lipinski definition) is 5. The van der Waals surface area contributed by atoms with Crippen molar-refractivity contribution in [1.82, 2.24) is 5.32 Å². The van der Waals surface area contributed by atoms with E-state index in [4.69, 9.17) is 4.74 Å². The quantitative estimate of drug-likeness (QED) is 0.0321. The number of unbranched alkanes of at least 4 members (excludes halogenated alkanes) is 27. The fourth-order valence-electron chi connectivity index (χ4n) is 8.23. The number of carbonyl (C=O) groups is 2. The molecule has 3 N–H and O–H groups in total. The van der Waals surface area contributed by atoms with Crippen LogP contribution >= 0.6 is 0 Å². The summed E-state index contributed by atoms with van der Waals surface area (Å²) in [5.41, 5.74) is 0. The third-order valence-electron chi connectivity index (χ3n) is 12.4. The van der Waals surface area contributed by atoms with Crippen LogP contribution in [-0.4, -0.2) is 46.9 Å². The summed E-state index contributed by atoms with van der Waals surface area (Å²) >= 11 is 0. The molecule has 1 amide bonds. The number of hydrogen-bond donors (Lipinski definition) is 3. The van der Waals surface area contributed by atoms with Gasteiger partial charge in [0, 0.05) is 6.42 Å². The van der Waals surface area contributed by atoms with Crippen molar-refractivity contribution in [2.24, 2.45) is 0 Å². The van der Waals surface area contributed by atoms with Crippen LogP contribution in [0.5, 0.6) is 0 Å². The lowest BCUT2D eigenvalue weighted by atomic mass is 10.0. The first kappa shape index (κ1) is 61.6. The van der Waals surface area contributed by atoms with E-state index in [1.807, 2.05) is 0 Å². The number of allylic oxidation sites excluding steroid dienone is 10. The molecule has 0 rings (SSSR count). The first-order chi connectivity index (χ1) is 31.5. The number of ether oxygens (including phenoxy) is 1. The van der Waals surface area contributed by atoms with Crippen LogP contribution in [-0.2, 0) is 14.3 Å². The van der Waals surface area contributed by atoms with Gasteiger partial charge in [-0.15, -0.1) is 0 Å². The lowest BCUT2D eigenvalue weighted by molar-refractivity contribution is -0.151. The van der Waals surface area contributed by atoms with Crippen LogP contribution in [0.4, 0.5) is 0 Å². The molecular formula is C58H105NO5. The predicted molar refractivity (Wildman–Crippen MR) is 278 cm³/mol. The molecule has 64 heavy (non-hydrogen) atoms. The summed E-state index contributed by atoms with van der Waals surface area (Å²) in [4.78, 5) is 26.2. The Labute approximate surface area is 397 Å². The Morgan fingerprint density at radius 1 is 0.469 bits per heavy atom. The van der Waals surface area contributed by atoms with Gasteiger partial charge in [-0.05, 0) is 64.2 Å². The summed E-state index contributed by atoms with van der Waals surface area (Å²) in [5, 5.41) is 23.8. The Kier molecular flexibility index (Phi) is 49.6. The molecule has 0 spiro atoms. The first-order valence-electron chi connectivity index (χ1n) is 27.5. The summed E-state index contributed by atoms with van der Waals surface area (Å²) in [6.07, 6.45) is 64.3. The van der Waals surface area contributed by atoms with Gasteiger partial charge in [-0.25, -0.2) is 0 Å². The molecule has 0 saturated carbocycles. The van der Waals surface area contributed by atoms with Gasteiger partial charge >= 0.3 is 5.97 Å². The minimum Gasteiger partial charge on any atom is -0.462 e. The molecule has 0 aromatic rings. The van der Waals surface area contributed by atoms with E-state index in [0.717, 1.165) is 77.0 Å². The van der Waals surface area contributed by atoms with E-state index in [-0.39, 0.29) is 24.9 Å². The molecule has 3 atom stereocenters. The van der Waals surface area contributed by atoms with E-state index < -0.39 is 18.2 Å². The van der Waals surface area contributed by atoms with E-state index in [9.17, 15) is 19.8 Å². The molecule has 3 unspecified atom stereocenters. The molecule has 0 aromatic carbocycles. The highest BCUT2D eigenvalue weighted by atomic mass is 16.5. The van der Waals surface area contributed by atoms with Crippen LogP contribution < -0.4 is 5.32 Å². The van der Waals surface area contributed by atoms with Crippen molar-refractivity contribution < 1.29 is 24.5 Å². The molecule has 0 aliphatic carbocycles. The monoisotopic (exact) mass is 896 g/mol. The summed E-state index contributed by atoms with van der Waals surface area (Å²) in [6.45, 7) is 6.37. The van der Waals surface area contributed by atoms with Crippen molar-refractivity contribution in [3.8, 4) is 0 Å². The van der Waals surface area contributed by atoms with E-state index in [0.29, 0.717) is 25.7 Å². The van der Waals surface area contributed by atoms with Crippen LogP contribution in [0.25, 0.3) is 0 Å². The normalized spacial score (nSPS) is 13.6. The first-order valence-corrected chi connectivity index (χ1v) is 27.5. The molecule has 372 valence electrons. The molecule has 0 bridgehead atoms. The molecular weight excluding hydrogens is 791 g/mol. The van der Waals surface area contributed by atoms with Gasteiger partial charge in [-0.1, -0.05) is 255 Å². The Balaban J connectivity index is 4.55. The van der Waals surface area contributed by atoms with Gasteiger partial charge in [0.15, 0.2) is 0 Å². The van der Waals surface area contributed by atoms with Crippen LogP contribution in [0.15, 0.2) is 60.8 Å². The summed E-state index contributed by atoms with van der Waals surface area (Å²) in [6, 6.07) is -0.713. The van der Waals surface area contributed by atoms with Crippen molar-refractivity contribution in [2.75, 3.05) is 6.61 Å². The summed E-state index contributed by atoms with van der Waals surface area (Å²) in [5.74, 6) is -0.536. The second kappa shape index (κ2) is 51.5. The number of aliphatic hydroxyl groups excluding tert-OH is 2. The Hall–Kier alpha value is -2.44. The average Bonchev–Trinajstić information content (AvgIpc) is 3.29. The number of aliphatic hydroxyl groups is 2. The van der Waals surface area contributed by atoms with Crippen LogP contribution in [0.2, 0.25) is 0 Å². The summed E-state index contributed by atoms with van der Waals surface area (Å²) < 4.78 is 5.91. The fourth-order valence-corrected chi connectivity index (χ4v) is 8.23. The standard InChI is InChI=1S/C58H105NO5/c1-4-7-10-13-16-19-22-24-26-28-30-32-35-38-41-44-47-50-56(61)55(53-60)59-57(62)52-54(49-46-43-40-37-34-21-18-15-12-9-6-3)64-58(63)51-48-45-42-39-36-33-31-29-27-25-23-20-17-14-11-8-5-2/h8,11,17,20,25,27,31,33,39,42,54-56,60-61H,4-7,9-10,12-16,18-19,21-24,26,28-30,32,34-38,40-41,43-53H2,1-3H3,(H,59,62)/b11-8-,20-17-,27-25-,33-31-,42-39-. The van der Waals surface area contributed by atoms with Gasteiger partial charge in [-0.2, -0.15) is 0 Å². The second-order valence-electron chi connectivity index (χ2n) is 18.6. The topological polar surface area (TPSA) is 95.9 Å². The zero-order chi connectivity index (χ0) is 46.7. The van der Waals surface area contributed by atoms with Crippen molar-refractivity contribution >= 4 is 11.9 Å². The van der Waals surface area contributed by atoms with E-state index in [2.05, 4.69) is 86.8 Å². The Morgan fingerprint density at radius 3 is 1.22 bits per heavy atom. The van der Waals surface area contributed by atoms with Gasteiger partial charge < -0.3 is 20.3 Å². The number of nitrogens with one attached hydrogen (secondary N) is 1. The van der Waals surface area contributed by atoms with Gasteiger partial charge in [-0.3, -0.25) is 9.59 Å². The van der Waals surface area contributed by atoms with Crippen LogP contribution in [0.1, 0.15) is 271 Å². The third kappa shape index (κ3) is 46.1. The molecule has 6 nitrogen and oxygen atoms in total. The molecule has 0 saturated heterocycles. The van der Waals surface area contributed by atoms with Gasteiger partial charge in [0.25, 0.3) is 0 Å². The second-order valence-corrected chi connectivity index (χ2v) is 18.6. The SMILES string of the molecule is CC/C=C\C/C=C\C/C=C\C/C=C\C/C=C\CCCC(=O)OC(CCCCCCCCCCCCC)CC(=O)NC(CO)C(O)CCCCCCCCCCCCCCCCCCC. The van der Waals surface area contributed by atoms with E-state index in [1.165, 1.54) is 141 Å². The maximum absolute atomic E-state index is 13.2. The highest BCUT2D eigenvalue weighted by Gasteiger charge is 2.24. The minimum atomic E-state index is -0.797. The lowest BCUT2D eigenvalue weighted by Gasteiger charge is -2.24. The molecule has 0 fully saturated rings. The third-order valence-corrected chi connectivity index (χ3v) is 12.4. The number of carbonyl (C=O) groups excluding carboxylic acids is 2. The minimum absolute atomic E-state index is 0.0562. The zero-order valence-corrected chi connectivity index (χ0v) is 42.4. The zero-order valence-electron chi connectivity index (χ0n) is 42.4. The Bertz CT molecular complexity index is 1140. The smallest absolute Gasteiger partial charge is 0.306 e.